The Kier molecular flexibility index (Phi) is 6.29. The quantitative estimate of drug-likeness (QED) is 0.365. The van der Waals surface area contributed by atoms with E-state index in [4.69, 9.17) is 28.9 Å². The van der Waals surface area contributed by atoms with Gasteiger partial charge in [0.1, 0.15) is 0 Å². The molecule has 0 fully saturated rings. The van der Waals surface area contributed by atoms with Crippen LogP contribution in [0.1, 0.15) is 41.9 Å². The largest absolute Gasteiger partial charge is 0.424 e. The molecule has 33 heavy (non-hydrogen) atoms. The zero-order valence-corrected chi connectivity index (χ0v) is 19.2. The molecule has 0 aliphatic carbocycles. The third-order valence-electron chi connectivity index (χ3n) is 5.54. The van der Waals surface area contributed by atoms with Crippen molar-refractivity contribution < 1.29 is 27.6 Å². The minimum atomic E-state index is -5.36. The Hall–Kier alpha value is -2.62. The molecule has 6 nitrogen and oxygen atoms in total. The van der Waals surface area contributed by atoms with Crippen molar-refractivity contribution in [2.24, 2.45) is 0 Å². The molecule has 0 amide bonds. The van der Waals surface area contributed by atoms with Crippen LogP contribution in [0.2, 0.25) is 10.0 Å². The molecule has 0 aliphatic rings. The summed E-state index contributed by atoms with van der Waals surface area (Å²) in [5.74, 6) is -1.67. The van der Waals surface area contributed by atoms with Gasteiger partial charge < -0.3 is 15.4 Å². The molecule has 11 heteroatoms. The Balaban J connectivity index is 2.18. The molecule has 176 valence electrons. The predicted molar refractivity (Wildman–Crippen MR) is 119 cm³/mol. The van der Waals surface area contributed by atoms with Crippen LogP contribution in [-0.4, -0.2) is 27.8 Å². The molecule has 2 aromatic carbocycles. The molecule has 3 N–H and O–H groups in total. The number of benzene rings is 2. The Labute approximate surface area is 196 Å². The maximum atomic E-state index is 14.2. The molecule has 0 bridgehead atoms. The number of aliphatic hydroxyl groups is 1. The lowest BCUT2D eigenvalue weighted by Gasteiger charge is -2.37. The van der Waals surface area contributed by atoms with E-state index >= 15 is 0 Å². The van der Waals surface area contributed by atoms with Crippen molar-refractivity contribution in [2.45, 2.75) is 44.4 Å². The van der Waals surface area contributed by atoms with Gasteiger partial charge in [-0.15, -0.1) is 0 Å². The lowest BCUT2D eigenvalue weighted by molar-refractivity contribution is -0.242. The maximum Gasteiger partial charge on any atom is 0.424 e. The van der Waals surface area contributed by atoms with Crippen LogP contribution in [0.4, 0.5) is 18.9 Å². The normalized spacial score (nSPS) is 14.3. The number of halogens is 5. The fourth-order valence-electron chi connectivity index (χ4n) is 3.87. The summed E-state index contributed by atoms with van der Waals surface area (Å²) in [4.78, 5) is 25.1. The molecule has 0 spiro atoms. The number of carbonyl (C=O) groups is 1. The number of nitrogens with zero attached hydrogens (tertiary/aromatic N) is 1. The summed E-state index contributed by atoms with van der Waals surface area (Å²) in [6.45, 7) is 4.21. The molecule has 3 aromatic rings. The fourth-order valence-corrected chi connectivity index (χ4v) is 4.41. The number of Topliss-reactive ketones (excluding diaryl/α,β-unsaturated/α-hetero) is 1. The number of aromatic nitrogens is 1. The van der Waals surface area contributed by atoms with E-state index < -0.39 is 46.3 Å². The number of ketones is 1. The van der Waals surface area contributed by atoms with Gasteiger partial charge in [-0.2, -0.15) is 13.2 Å². The Morgan fingerprint density at radius 1 is 1.18 bits per heavy atom. The highest BCUT2D eigenvalue weighted by Crippen LogP contribution is 2.45. The van der Waals surface area contributed by atoms with Crippen LogP contribution in [0.25, 0.3) is 10.8 Å². The molecule has 0 saturated heterocycles. The molecular formula is C22H19Cl2F3N2O4. The van der Waals surface area contributed by atoms with Gasteiger partial charge in [-0.1, -0.05) is 42.2 Å². The van der Waals surface area contributed by atoms with Crippen molar-refractivity contribution in [1.82, 2.24) is 5.16 Å². The molecule has 1 heterocycles. The van der Waals surface area contributed by atoms with E-state index in [-0.39, 0.29) is 32.1 Å². The smallest absolute Gasteiger partial charge is 0.398 e. The number of rotatable bonds is 5. The summed E-state index contributed by atoms with van der Waals surface area (Å²) < 4.78 is 47.2. The van der Waals surface area contributed by atoms with Crippen molar-refractivity contribution in [2.75, 3.05) is 5.73 Å². The summed E-state index contributed by atoms with van der Waals surface area (Å²) in [6, 6.07) is 6.32. The third kappa shape index (κ3) is 4.32. The Morgan fingerprint density at radius 3 is 2.42 bits per heavy atom. The minimum absolute atomic E-state index is 0.0289. The number of carbonyl (C=O) groups excluding carboxylic acids is 1. The average molecular weight is 503 g/mol. The standard InChI is InChI=1S/C22H19Cl2F3N2O4/c1-10-16-12(19(31)33-29-10)5-6-13(17(16)28)18(30)21(32,22(25,26)27)9-20(2,3)14-8-11(23)4-7-15(14)24/h4-8,32H,9,28H2,1-3H3. The SMILES string of the molecule is Cc1noc(=O)c2ccc(C(=O)C(O)(CC(C)(C)c3cc(Cl)ccc3Cl)C(F)(F)F)c(N)c12. The van der Waals surface area contributed by atoms with Gasteiger partial charge in [0.05, 0.1) is 16.8 Å². The Bertz CT molecular complexity index is 1320. The number of hydrogen-bond donors (Lipinski definition) is 2. The Morgan fingerprint density at radius 2 is 1.82 bits per heavy atom. The summed E-state index contributed by atoms with van der Waals surface area (Å²) >= 11 is 12.2. The monoisotopic (exact) mass is 502 g/mol. The topological polar surface area (TPSA) is 106 Å². The van der Waals surface area contributed by atoms with Crippen LogP contribution < -0.4 is 11.4 Å². The van der Waals surface area contributed by atoms with E-state index in [2.05, 4.69) is 9.68 Å². The third-order valence-corrected chi connectivity index (χ3v) is 6.10. The van der Waals surface area contributed by atoms with Gasteiger partial charge in [0.2, 0.25) is 11.4 Å². The summed E-state index contributed by atoms with van der Waals surface area (Å²) in [5.41, 5.74) is -0.859. The van der Waals surface area contributed by atoms with Gasteiger partial charge in [0.25, 0.3) is 0 Å². The second-order valence-corrected chi connectivity index (χ2v) is 9.22. The maximum absolute atomic E-state index is 14.2. The van der Waals surface area contributed by atoms with Crippen LogP contribution >= 0.6 is 23.2 Å². The zero-order valence-electron chi connectivity index (χ0n) is 17.7. The molecule has 0 saturated carbocycles. The molecule has 1 unspecified atom stereocenters. The van der Waals surface area contributed by atoms with Crippen LogP contribution in [0.3, 0.4) is 0 Å². The minimum Gasteiger partial charge on any atom is -0.398 e. The predicted octanol–water partition coefficient (Wildman–Crippen LogP) is 5.23. The first-order valence-electron chi connectivity index (χ1n) is 9.58. The lowest BCUT2D eigenvalue weighted by Crippen LogP contribution is -2.55. The first kappa shape index (κ1) is 25.0. The molecule has 0 radical (unpaired) electrons. The van der Waals surface area contributed by atoms with Crippen LogP contribution in [0.5, 0.6) is 0 Å². The lowest BCUT2D eigenvalue weighted by atomic mass is 9.72. The van der Waals surface area contributed by atoms with E-state index in [0.29, 0.717) is 0 Å². The molecular weight excluding hydrogens is 484 g/mol. The van der Waals surface area contributed by atoms with E-state index in [9.17, 15) is 27.9 Å². The van der Waals surface area contributed by atoms with Crippen LogP contribution in [0, 0.1) is 6.92 Å². The first-order chi connectivity index (χ1) is 15.1. The second kappa shape index (κ2) is 8.30. The number of aryl methyl sites for hydroxylation is 1. The number of hydrogen-bond acceptors (Lipinski definition) is 6. The highest BCUT2D eigenvalue weighted by molar-refractivity contribution is 6.33. The van der Waals surface area contributed by atoms with Crippen LogP contribution in [0.15, 0.2) is 39.6 Å². The number of nitrogens with two attached hydrogens (primary N) is 1. The van der Waals surface area contributed by atoms with Gasteiger partial charge in [0.15, 0.2) is 0 Å². The summed E-state index contributed by atoms with van der Waals surface area (Å²) in [6.07, 6.45) is -6.44. The average Bonchev–Trinajstić information content (AvgIpc) is 2.70. The molecule has 0 aliphatic heterocycles. The van der Waals surface area contributed by atoms with Crippen molar-refractivity contribution in [1.29, 1.82) is 0 Å². The van der Waals surface area contributed by atoms with Crippen molar-refractivity contribution >= 4 is 45.4 Å². The molecule has 1 atom stereocenters. The van der Waals surface area contributed by atoms with E-state index in [1.807, 2.05) is 0 Å². The number of anilines is 1. The van der Waals surface area contributed by atoms with Gasteiger partial charge in [-0.25, -0.2) is 4.79 Å². The van der Waals surface area contributed by atoms with Crippen molar-refractivity contribution in [3.63, 3.8) is 0 Å². The first-order valence-corrected chi connectivity index (χ1v) is 10.3. The highest BCUT2D eigenvalue weighted by atomic mass is 35.5. The number of fused-ring (bicyclic) bond motifs is 1. The van der Waals surface area contributed by atoms with Crippen LogP contribution in [-0.2, 0) is 5.41 Å². The van der Waals surface area contributed by atoms with Crippen molar-refractivity contribution in [3.05, 3.63) is 67.6 Å². The molecule has 3 rings (SSSR count). The summed E-state index contributed by atoms with van der Waals surface area (Å²) in [5, 5.41) is 14.6. The number of alkyl halides is 3. The van der Waals surface area contributed by atoms with Crippen molar-refractivity contribution in [3.8, 4) is 0 Å². The van der Waals surface area contributed by atoms with Gasteiger partial charge in [-0.3, -0.25) is 4.79 Å². The van der Waals surface area contributed by atoms with Gasteiger partial charge >= 0.3 is 11.8 Å². The van der Waals surface area contributed by atoms with E-state index in [1.165, 1.54) is 39.0 Å². The highest BCUT2D eigenvalue weighted by Gasteiger charge is 2.61. The molecule has 1 aromatic heterocycles. The second-order valence-electron chi connectivity index (χ2n) is 8.38. The zero-order chi connectivity index (χ0) is 24.9. The van der Waals surface area contributed by atoms with E-state index in [1.54, 1.807) is 0 Å². The summed E-state index contributed by atoms with van der Waals surface area (Å²) in [7, 11) is 0. The van der Waals surface area contributed by atoms with Gasteiger partial charge in [-0.05, 0) is 48.2 Å². The number of nitrogen functional groups attached to an aromatic ring is 1. The fraction of sp³-hybridized carbons (Fsp3) is 0.318. The van der Waals surface area contributed by atoms with E-state index in [0.717, 1.165) is 12.1 Å². The van der Waals surface area contributed by atoms with Gasteiger partial charge in [0, 0.05) is 27.4 Å².